The molecule has 3 nitrogen and oxygen atoms in total. The molecule has 1 aromatic carbocycles. The number of nitrogens with zero attached hydrogens (tertiary/aromatic N) is 1. The van der Waals surface area contributed by atoms with Gasteiger partial charge in [0.2, 0.25) is 0 Å². The van der Waals surface area contributed by atoms with E-state index in [0.717, 1.165) is 16.9 Å². The molecule has 2 atom stereocenters. The fourth-order valence-electron chi connectivity index (χ4n) is 1.91. The molecular weight excluding hydrogens is 260 g/mol. The molecule has 0 aliphatic heterocycles. The second-order valence-corrected chi connectivity index (χ2v) is 5.02. The molecule has 2 rings (SSSR count). The number of benzene rings is 1. The largest absolute Gasteiger partial charge is 0.484 e. The monoisotopic (exact) mass is 276 g/mol. The molecule has 0 fully saturated rings. The fourth-order valence-corrected chi connectivity index (χ4v) is 2.14. The molecule has 1 aromatic heterocycles. The van der Waals surface area contributed by atoms with E-state index in [2.05, 4.69) is 4.98 Å². The lowest BCUT2D eigenvalue weighted by Crippen LogP contribution is -2.29. The molecule has 0 amide bonds. The third-order valence-corrected chi connectivity index (χ3v) is 3.14. The lowest BCUT2D eigenvalue weighted by Gasteiger charge is -2.23. The van der Waals surface area contributed by atoms with Crippen LogP contribution in [0.1, 0.15) is 24.2 Å². The summed E-state index contributed by atoms with van der Waals surface area (Å²) < 4.78 is 6.04. The Morgan fingerprint density at radius 1 is 1.21 bits per heavy atom. The van der Waals surface area contributed by atoms with Gasteiger partial charge in [-0.1, -0.05) is 11.6 Å². The van der Waals surface area contributed by atoms with Gasteiger partial charge >= 0.3 is 0 Å². The first-order chi connectivity index (χ1) is 9.08. The van der Waals surface area contributed by atoms with Gasteiger partial charge in [-0.3, -0.25) is 4.98 Å². The van der Waals surface area contributed by atoms with Crippen LogP contribution >= 0.6 is 11.6 Å². The molecule has 2 aromatic rings. The molecule has 0 saturated heterocycles. The van der Waals surface area contributed by atoms with E-state index in [1.165, 1.54) is 0 Å². The number of hydrogen-bond donors (Lipinski definition) is 1. The van der Waals surface area contributed by atoms with Gasteiger partial charge in [-0.2, -0.15) is 0 Å². The van der Waals surface area contributed by atoms with Gasteiger partial charge in [0.25, 0.3) is 0 Å². The summed E-state index contributed by atoms with van der Waals surface area (Å²) in [5.41, 5.74) is 8.03. The van der Waals surface area contributed by atoms with Gasteiger partial charge in [-0.15, -0.1) is 0 Å². The Morgan fingerprint density at radius 3 is 2.47 bits per heavy atom. The van der Waals surface area contributed by atoms with Gasteiger partial charge in [0.05, 0.1) is 0 Å². The number of aromatic nitrogens is 1. The summed E-state index contributed by atoms with van der Waals surface area (Å²) in [5, 5.41) is 0.700. The predicted molar refractivity (Wildman–Crippen MR) is 77.4 cm³/mol. The zero-order valence-corrected chi connectivity index (χ0v) is 11.8. The van der Waals surface area contributed by atoms with Gasteiger partial charge in [-0.25, -0.2) is 0 Å². The summed E-state index contributed by atoms with van der Waals surface area (Å²) in [4.78, 5) is 4.01. The minimum absolute atomic E-state index is 0.127. The number of hydrogen-bond acceptors (Lipinski definition) is 3. The zero-order valence-electron chi connectivity index (χ0n) is 11.0. The highest BCUT2D eigenvalue weighted by Gasteiger charge is 2.18. The van der Waals surface area contributed by atoms with Crippen molar-refractivity contribution in [2.45, 2.75) is 26.0 Å². The topological polar surface area (TPSA) is 48.1 Å². The third kappa shape index (κ3) is 3.46. The van der Waals surface area contributed by atoms with Crippen LogP contribution in [0, 0.1) is 6.92 Å². The van der Waals surface area contributed by atoms with E-state index in [4.69, 9.17) is 22.1 Å². The molecule has 2 unspecified atom stereocenters. The maximum absolute atomic E-state index is 6.04. The fraction of sp³-hybridized carbons (Fsp3) is 0.267. The summed E-state index contributed by atoms with van der Waals surface area (Å²) >= 11 is 5.94. The van der Waals surface area contributed by atoms with Gasteiger partial charge in [0, 0.05) is 23.5 Å². The van der Waals surface area contributed by atoms with Crippen LogP contribution in [0.15, 0.2) is 42.7 Å². The van der Waals surface area contributed by atoms with E-state index < -0.39 is 0 Å². The first-order valence-corrected chi connectivity index (χ1v) is 6.54. The van der Waals surface area contributed by atoms with Gasteiger partial charge in [-0.05, 0) is 55.3 Å². The maximum atomic E-state index is 6.04. The molecule has 0 aliphatic rings. The standard InChI is InChI=1S/C15H17ClN2O/c1-10-9-13(16)3-4-14(10)19-15(11(2)17)12-5-7-18-8-6-12/h3-9,11,15H,17H2,1-2H3. The SMILES string of the molecule is Cc1cc(Cl)ccc1OC(c1ccncc1)C(C)N. The van der Waals surface area contributed by atoms with Crippen molar-refractivity contribution in [1.82, 2.24) is 4.98 Å². The summed E-state index contributed by atoms with van der Waals surface area (Å²) in [6.45, 7) is 3.89. The van der Waals surface area contributed by atoms with Gasteiger partial charge in [0.15, 0.2) is 0 Å². The van der Waals surface area contributed by atoms with Crippen molar-refractivity contribution in [3.63, 3.8) is 0 Å². The van der Waals surface area contributed by atoms with Crippen molar-refractivity contribution in [3.8, 4) is 5.75 Å². The van der Waals surface area contributed by atoms with Gasteiger partial charge in [0.1, 0.15) is 11.9 Å². The summed E-state index contributed by atoms with van der Waals surface area (Å²) in [5.74, 6) is 0.795. The Kier molecular flexibility index (Phi) is 4.40. The Morgan fingerprint density at radius 2 is 1.89 bits per heavy atom. The molecule has 2 N–H and O–H groups in total. The number of ether oxygens (including phenoxy) is 1. The third-order valence-electron chi connectivity index (χ3n) is 2.90. The van der Waals surface area contributed by atoms with Crippen molar-refractivity contribution < 1.29 is 4.74 Å². The quantitative estimate of drug-likeness (QED) is 0.930. The average Bonchev–Trinajstić information content (AvgIpc) is 2.38. The van der Waals surface area contributed by atoms with E-state index >= 15 is 0 Å². The lowest BCUT2D eigenvalue weighted by molar-refractivity contribution is 0.179. The molecule has 1 heterocycles. The minimum atomic E-state index is -0.206. The number of nitrogens with two attached hydrogens (primary N) is 1. The highest BCUT2D eigenvalue weighted by atomic mass is 35.5. The highest BCUT2D eigenvalue weighted by Crippen LogP contribution is 2.28. The molecule has 100 valence electrons. The van der Waals surface area contributed by atoms with Crippen molar-refractivity contribution in [1.29, 1.82) is 0 Å². The van der Waals surface area contributed by atoms with Crippen molar-refractivity contribution in [2.75, 3.05) is 0 Å². The molecule has 0 bridgehead atoms. The smallest absolute Gasteiger partial charge is 0.139 e. The van der Waals surface area contributed by atoms with Crippen LogP contribution in [-0.2, 0) is 0 Å². The molecule has 19 heavy (non-hydrogen) atoms. The number of pyridine rings is 1. The van der Waals surface area contributed by atoms with E-state index in [0.29, 0.717) is 5.02 Å². The molecule has 4 heteroatoms. The molecular formula is C15H17ClN2O. The molecule has 0 aliphatic carbocycles. The number of rotatable bonds is 4. The number of halogens is 1. The summed E-state index contributed by atoms with van der Waals surface area (Å²) in [7, 11) is 0. The maximum Gasteiger partial charge on any atom is 0.139 e. The lowest BCUT2D eigenvalue weighted by atomic mass is 10.1. The van der Waals surface area contributed by atoms with E-state index in [-0.39, 0.29) is 12.1 Å². The Labute approximate surface area is 118 Å². The van der Waals surface area contributed by atoms with Crippen LogP contribution in [0.4, 0.5) is 0 Å². The predicted octanol–water partition coefficient (Wildman–Crippen LogP) is 3.51. The van der Waals surface area contributed by atoms with Gasteiger partial charge < -0.3 is 10.5 Å². The highest BCUT2D eigenvalue weighted by molar-refractivity contribution is 6.30. The Hall–Kier alpha value is -1.58. The molecule has 0 radical (unpaired) electrons. The van der Waals surface area contributed by atoms with Crippen molar-refractivity contribution in [2.24, 2.45) is 5.73 Å². The Balaban J connectivity index is 2.27. The first-order valence-electron chi connectivity index (χ1n) is 6.16. The average molecular weight is 277 g/mol. The summed E-state index contributed by atoms with van der Waals surface area (Å²) in [6.07, 6.45) is 3.27. The Bertz CT molecular complexity index is 543. The number of aryl methyl sites for hydroxylation is 1. The van der Waals surface area contributed by atoms with Crippen LogP contribution in [0.5, 0.6) is 5.75 Å². The first kappa shape index (κ1) is 13.8. The van der Waals surface area contributed by atoms with E-state index in [9.17, 15) is 0 Å². The normalized spacial score (nSPS) is 13.9. The van der Waals surface area contributed by atoms with Crippen molar-refractivity contribution >= 4 is 11.6 Å². The van der Waals surface area contributed by atoms with Crippen LogP contribution in [0.2, 0.25) is 5.02 Å². The van der Waals surface area contributed by atoms with Crippen LogP contribution in [0.3, 0.4) is 0 Å². The summed E-state index contributed by atoms with van der Waals surface area (Å²) in [6, 6.07) is 9.26. The van der Waals surface area contributed by atoms with Crippen LogP contribution in [0.25, 0.3) is 0 Å². The minimum Gasteiger partial charge on any atom is -0.484 e. The molecule has 0 spiro atoms. The van der Waals surface area contributed by atoms with E-state index in [1.807, 2.05) is 44.2 Å². The molecule has 0 saturated carbocycles. The van der Waals surface area contributed by atoms with Crippen LogP contribution < -0.4 is 10.5 Å². The van der Waals surface area contributed by atoms with Crippen LogP contribution in [-0.4, -0.2) is 11.0 Å². The van der Waals surface area contributed by atoms with E-state index in [1.54, 1.807) is 12.4 Å². The zero-order chi connectivity index (χ0) is 13.8. The second-order valence-electron chi connectivity index (χ2n) is 4.59. The van der Waals surface area contributed by atoms with Crippen molar-refractivity contribution in [3.05, 3.63) is 58.9 Å². The second kappa shape index (κ2) is 6.04.